The van der Waals surface area contributed by atoms with E-state index >= 15 is 0 Å². The molecule has 2 heterocycles. The highest BCUT2D eigenvalue weighted by Gasteiger charge is 2.25. The zero-order valence-electron chi connectivity index (χ0n) is 14.0. The van der Waals surface area contributed by atoms with Crippen molar-refractivity contribution in [2.45, 2.75) is 6.92 Å². The monoisotopic (exact) mass is 392 g/mol. The van der Waals surface area contributed by atoms with Gasteiger partial charge in [-0.25, -0.2) is 9.79 Å². The average Bonchev–Trinajstić information content (AvgIpc) is 2.96. The van der Waals surface area contributed by atoms with Crippen LogP contribution in [0.3, 0.4) is 0 Å². The van der Waals surface area contributed by atoms with Crippen molar-refractivity contribution in [1.29, 1.82) is 0 Å². The standard InChI is InChI=1S/C18H14Cl2N2O4/c1-3-25-15-8-10(6-12(20)16(15)24-2)7-14-18(23)26-17(22-14)13-9-11(19)4-5-21-13/h4-9H,3H2,1-2H3/b14-7-. The van der Waals surface area contributed by atoms with Gasteiger partial charge in [-0.05, 0) is 42.8 Å². The SMILES string of the molecule is CCOc1cc(/C=C2\N=C(c3cc(Cl)ccn3)OC2=O)cc(Cl)c1OC. The molecule has 0 radical (unpaired) electrons. The molecule has 0 amide bonds. The van der Waals surface area contributed by atoms with Crippen LogP contribution in [-0.4, -0.2) is 30.6 Å². The van der Waals surface area contributed by atoms with Gasteiger partial charge in [0, 0.05) is 11.2 Å². The smallest absolute Gasteiger partial charge is 0.363 e. The number of rotatable bonds is 5. The van der Waals surface area contributed by atoms with Gasteiger partial charge in [0.25, 0.3) is 0 Å². The number of cyclic esters (lactones) is 1. The number of carbonyl (C=O) groups excluding carboxylic acids is 1. The Kier molecular flexibility index (Phi) is 5.44. The molecule has 0 aliphatic carbocycles. The van der Waals surface area contributed by atoms with Crippen molar-refractivity contribution >= 4 is 41.1 Å². The third-order valence-electron chi connectivity index (χ3n) is 3.40. The molecule has 1 aliphatic heterocycles. The fourth-order valence-corrected chi connectivity index (χ4v) is 2.79. The highest BCUT2D eigenvalue weighted by atomic mass is 35.5. The number of pyridine rings is 1. The number of ether oxygens (including phenoxy) is 3. The summed E-state index contributed by atoms with van der Waals surface area (Å²) in [5.74, 6) is 0.401. The second kappa shape index (κ2) is 7.76. The first kappa shape index (κ1) is 18.2. The third-order valence-corrected chi connectivity index (χ3v) is 3.92. The number of nitrogens with zero attached hydrogens (tertiary/aromatic N) is 2. The Morgan fingerprint density at radius 2 is 2.08 bits per heavy atom. The van der Waals surface area contributed by atoms with Crippen molar-refractivity contribution in [3.05, 3.63) is 57.5 Å². The van der Waals surface area contributed by atoms with Gasteiger partial charge >= 0.3 is 5.97 Å². The zero-order chi connectivity index (χ0) is 18.7. The van der Waals surface area contributed by atoms with Gasteiger partial charge in [0.15, 0.2) is 17.2 Å². The van der Waals surface area contributed by atoms with Crippen LogP contribution in [0.4, 0.5) is 0 Å². The van der Waals surface area contributed by atoms with Crippen LogP contribution in [0.15, 0.2) is 41.2 Å². The van der Waals surface area contributed by atoms with Crippen LogP contribution >= 0.6 is 23.2 Å². The molecule has 26 heavy (non-hydrogen) atoms. The van der Waals surface area contributed by atoms with Gasteiger partial charge in [0.1, 0.15) is 5.69 Å². The van der Waals surface area contributed by atoms with Gasteiger partial charge < -0.3 is 14.2 Å². The minimum Gasteiger partial charge on any atom is -0.491 e. The van der Waals surface area contributed by atoms with Crippen molar-refractivity contribution in [2.24, 2.45) is 4.99 Å². The van der Waals surface area contributed by atoms with Gasteiger partial charge in [-0.2, -0.15) is 0 Å². The summed E-state index contributed by atoms with van der Waals surface area (Å²) in [4.78, 5) is 20.4. The Hall–Kier alpha value is -2.57. The summed E-state index contributed by atoms with van der Waals surface area (Å²) in [6.45, 7) is 2.29. The molecule has 1 aromatic carbocycles. The van der Waals surface area contributed by atoms with E-state index in [1.54, 1.807) is 30.3 Å². The molecule has 3 rings (SSSR count). The molecular formula is C18H14Cl2N2O4. The number of aromatic nitrogens is 1. The Labute approximate surface area is 160 Å². The van der Waals surface area contributed by atoms with E-state index in [0.29, 0.717) is 39.4 Å². The van der Waals surface area contributed by atoms with Crippen LogP contribution in [0.25, 0.3) is 6.08 Å². The van der Waals surface area contributed by atoms with E-state index in [1.807, 2.05) is 6.92 Å². The predicted molar refractivity (Wildman–Crippen MR) is 99.0 cm³/mol. The lowest BCUT2D eigenvalue weighted by molar-refractivity contribution is -0.129. The topological polar surface area (TPSA) is 70.0 Å². The van der Waals surface area contributed by atoms with Gasteiger partial charge in [-0.3, -0.25) is 4.98 Å². The highest BCUT2D eigenvalue weighted by molar-refractivity contribution is 6.32. The molecule has 0 N–H and O–H groups in total. The molecule has 0 saturated heterocycles. The van der Waals surface area contributed by atoms with E-state index in [1.165, 1.54) is 13.3 Å². The zero-order valence-corrected chi connectivity index (χ0v) is 15.5. The second-order valence-electron chi connectivity index (χ2n) is 5.16. The van der Waals surface area contributed by atoms with Gasteiger partial charge in [0.05, 0.1) is 18.7 Å². The van der Waals surface area contributed by atoms with Crippen LogP contribution in [0.1, 0.15) is 18.2 Å². The number of esters is 1. The summed E-state index contributed by atoms with van der Waals surface area (Å²) in [6.07, 6.45) is 3.06. The van der Waals surface area contributed by atoms with Crippen molar-refractivity contribution in [3.63, 3.8) is 0 Å². The molecule has 1 aromatic heterocycles. The Bertz CT molecular complexity index is 925. The number of halogens is 2. The number of hydrogen-bond acceptors (Lipinski definition) is 6. The average molecular weight is 393 g/mol. The fourth-order valence-electron chi connectivity index (χ4n) is 2.33. The largest absolute Gasteiger partial charge is 0.491 e. The van der Waals surface area contributed by atoms with Crippen LogP contribution in [0, 0.1) is 0 Å². The number of hydrogen-bond donors (Lipinski definition) is 0. The van der Waals surface area contributed by atoms with E-state index < -0.39 is 5.97 Å². The highest BCUT2D eigenvalue weighted by Crippen LogP contribution is 2.37. The molecule has 0 fully saturated rings. The number of aliphatic imine (C=N–C) groups is 1. The summed E-state index contributed by atoms with van der Waals surface area (Å²) >= 11 is 12.2. The summed E-state index contributed by atoms with van der Waals surface area (Å²) < 4.78 is 15.9. The normalized spacial score (nSPS) is 15.0. The van der Waals surface area contributed by atoms with E-state index in [-0.39, 0.29) is 11.6 Å². The van der Waals surface area contributed by atoms with E-state index in [2.05, 4.69) is 9.98 Å². The van der Waals surface area contributed by atoms with Gasteiger partial charge in [-0.1, -0.05) is 23.2 Å². The molecule has 134 valence electrons. The second-order valence-corrected chi connectivity index (χ2v) is 6.01. The fraction of sp³-hybridized carbons (Fsp3) is 0.167. The number of benzene rings is 1. The summed E-state index contributed by atoms with van der Waals surface area (Å²) in [6, 6.07) is 6.54. The van der Waals surface area contributed by atoms with E-state index in [0.717, 1.165) is 0 Å². The van der Waals surface area contributed by atoms with Crippen molar-refractivity contribution in [2.75, 3.05) is 13.7 Å². The first-order valence-electron chi connectivity index (χ1n) is 7.66. The predicted octanol–water partition coefficient (Wildman–Crippen LogP) is 4.14. The Balaban J connectivity index is 1.98. The molecule has 2 aromatic rings. The maximum atomic E-state index is 12.1. The lowest BCUT2D eigenvalue weighted by Gasteiger charge is -2.11. The maximum Gasteiger partial charge on any atom is 0.363 e. The Morgan fingerprint density at radius 3 is 2.77 bits per heavy atom. The molecular weight excluding hydrogens is 379 g/mol. The molecule has 0 spiro atoms. The summed E-state index contributed by atoms with van der Waals surface area (Å²) in [7, 11) is 1.50. The quantitative estimate of drug-likeness (QED) is 0.564. The van der Waals surface area contributed by atoms with Gasteiger partial charge in [-0.15, -0.1) is 0 Å². The minimum atomic E-state index is -0.591. The maximum absolute atomic E-state index is 12.1. The van der Waals surface area contributed by atoms with Crippen molar-refractivity contribution in [3.8, 4) is 11.5 Å². The van der Waals surface area contributed by atoms with Gasteiger partial charge in [0.2, 0.25) is 5.90 Å². The third kappa shape index (κ3) is 3.81. The first-order valence-corrected chi connectivity index (χ1v) is 8.42. The lowest BCUT2D eigenvalue weighted by atomic mass is 10.1. The molecule has 0 unspecified atom stereocenters. The van der Waals surface area contributed by atoms with E-state index in [9.17, 15) is 4.79 Å². The van der Waals surface area contributed by atoms with E-state index in [4.69, 9.17) is 37.4 Å². The van der Waals surface area contributed by atoms with Crippen LogP contribution in [-0.2, 0) is 9.53 Å². The van der Waals surface area contributed by atoms with Crippen molar-refractivity contribution in [1.82, 2.24) is 4.98 Å². The minimum absolute atomic E-state index is 0.0911. The summed E-state index contributed by atoms with van der Waals surface area (Å²) in [5.41, 5.74) is 1.11. The van der Waals surface area contributed by atoms with Crippen LogP contribution in [0.2, 0.25) is 10.0 Å². The van der Waals surface area contributed by atoms with Crippen LogP contribution < -0.4 is 9.47 Å². The van der Waals surface area contributed by atoms with Crippen molar-refractivity contribution < 1.29 is 19.0 Å². The molecule has 0 saturated carbocycles. The Morgan fingerprint density at radius 1 is 1.27 bits per heavy atom. The number of carbonyl (C=O) groups is 1. The molecule has 6 nitrogen and oxygen atoms in total. The molecule has 0 atom stereocenters. The lowest BCUT2D eigenvalue weighted by Crippen LogP contribution is -2.07. The first-order chi connectivity index (χ1) is 12.5. The molecule has 1 aliphatic rings. The molecule has 0 bridgehead atoms. The molecule has 8 heteroatoms. The summed E-state index contributed by atoms with van der Waals surface area (Å²) in [5, 5.41) is 0.826. The number of methoxy groups -OCH3 is 1. The van der Waals surface area contributed by atoms with Crippen LogP contribution in [0.5, 0.6) is 11.5 Å².